The molecule has 0 fully saturated rings. The lowest BCUT2D eigenvalue weighted by Crippen LogP contribution is -2.15. The molecule has 1 aliphatic rings. The first kappa shape index (κ1) is 7.66. The zero-order valence-corrected chi connectivity index (χ0v) is 7.72. The predicted molar refractivity (Wildman–Crippen MR) is 52.7 cm³/mol. The van der Waals surface area contributed by atoms with Crippen molar-refractivity contribution in [1.29, 1.82) is 0 Å². The minimum absolute atomic E-state index is 0.724. The van der Waals surface area contributed by atoms with Crippen molar-refractivity contribution in [3.63, 3.8) is 0 Å². The zero-order valence-electron chi connectivity index (χ0n) is 7.72. The van der Waals surface area contributed by atoms with Crippen molar-refractivity contribution in [2.75, 3.05) is 11.9 Å². The molecule has 0 aliphatic carbocycles. The van der Waals surface area contributed by atoms with Gasteiger partial charge in [-0.05, 0) is 36.5 Å². The monoisotopic (exact) mass is 161 g/mol. The summed E-state index contributed by atoms with van der Waals surface area (Å²) >= 11 is 0. The molecule has 0 bridgehead atoms. The van der Waals surface area contributed by atoms with E-state index in [2.05, 4.69) is 37.4 Å². The standard InChI is InChI=1S/C11H15N/c1-8-4-3-5-10-11(8)9(2)6-7-12-10/h3-5,9,12H,6-7H2,1-2H3. The normalized spacial score (nSPS) is 21.3. The Balaban J connectivity index is 2.53. The van der Waals surface area contributed by atoms with E-state index in [1.165, 1.54) is 23.2 Å². The predicted octanol–water partition coefficient (Wildman–Crippen LogP) is 2.91. The van der Waals surface area contributed by atoms with Gasteiger partial charge in [-0.1, -0.05) is 19.1 Å². The van der Waals surface area contributed by atoms with Crippen molar-refractivity contribution in [1.82, 2.24) is 0 Å². The van der Waals surface area contributed by atoms with Gasteiger partial charge in [0.2, 0.25) is 0 Å². The minimum Gasteiger partial charge on any atom is -0.385 e. The van der Waals surface area contributed by atoms with Crippen LogP contribution >= 0.6 is 0 Å². The molecule has 1 atom stereocenters. The molecule has 1 nitrogen and oxygen atoms in total. The second kappa shape index (κ2) is 2.81. The van der Waals surface area contributed by atoms with Crippen LogP contribution in [0.15, 0.2) is 18.2 Å². The quantitative estimate of drug-likeness (QED) is 0.617. The fourth-order valence-corrected chi connectivity index (χ4v) is 2.06. The van der Waals surface area contributed by atoms with Gasteiger partial charge in [0.05, 0.1) is 0 Å². The van der Waals surface area contributed by atoms with Gasteiger partial charge >= 0.3 is 0 Å². The van der Waals surface area contributed by atoms with E-state index in [-0.39, 0.29) is 0 Å². The van der Waals surface area contributed by atoms with E-state index in [0.29, 0.717) is 0 Å². The van der Waals surface area contributed by atoms with Gasteiger partial charge in [-0.2, -0.15) is 0 Å². The summed E-state index contributed by atoms with van der Waals surface area (Å²) in [5.41, 5.74) is 4.28. The van der Waals surface area contributed by atoms with Crippen LogP contribution in [0.1, 0.15) is 30.4 Å². The number of hydrogen-bond acceptors (Lipinski definition) is 1. The first-order valence-electron chi connectivity index (χ1n) is 4.62. The van der Waals surface area contributed by atoms with Crippen molar-refractivity contribution in [2.45, 2.75) is 26.2 Å². The molecule has 1 heteroatoms. The number of anilines is 1. The Morgan fingerprint density at radius 1 is 1.42 bits per heavy atom. The Morgan fingerprint density at radius 2 is 2.25 bits per heavy atom. The summed E-state index contributed by atoms with van der Waals surface area (Å²) in [7, 11) is 0. The second-order valence-electron chi connectivity index (χ2n) is 3.65. The van der Waals surface area contributed by atoms with Gasteiger partial charge in [-0.15, -0.1) is 0 Å². The van der Waals surface area contributed by atoms with E-state index in [4.69, 9.17) is 0 Å². The first-order valence-corrected chi connectivity index (χ1v) is 4.62. The van der Waals surface area contributed by atoms with E-state index >= 15 is 0 Å². The molecule has 1 aromatic rings. The number of aryl methyl sites for hydroxylation is 1. The van der Waals surface area contributed by atoms with Crippen molar-refractivity contribution in [3.8, 4) is 0 Å². The smallest absolute Gasteiger partial charge is 0.0378 e. The third kappa shape index (κ3) is 1.09. The highest BCUT2D eigenvalue weighted by Crippen LogP contribution is 2.33. The maximum atomic E-state index is 3.43. The molecule has 2 rings (SSSR count). The Kier molecular flexibility index (Phi) is 1.80. The summed E-state index contributed by atoms with van der Waals surface area (Å²) in [5.74, 6) is 0.724. The highest BCUT2D eigenvalue weighted by atomic mass is 14.9. The molecule has 1 aliphatic heterocycles. The van der Waals surface area contributed by atoms with Gasteiger partial charge in [-0.25, -0.2) is 0 Å². The summed E-state index contributed by atoms with van der Waals surface area (Å²) in [6.45, 7) is 5.63. The van der Waals surface area contributed by atoms with Crippen molar-refractivity contribution in [3.05, 3.63) is 29.3 Å². The molecule has 0 amide bonds. The highest BCUT2D eigenvalue weighted by molar-refractivity contribution is 5.57. The molecule has 1 unspecified atom stereocenters. The fraction of sp³-hybridized carbons (Fsp3) is 0.455. The molecule has 0 saturated carbocycles. The molecule has 0 radical (unpaired) electrons. The molecule has 0 saturated heterocycles. The van der Waals surface area contributed by atoms with E-state index in [0.717, 1.165) is 12.5 Å². The van der Waals surface area contributed by atoms with E-state index in [1.54, 1.807) is 0 Å². The molecule has 0 aromatic heterocycles. The molecular weight excluding hydrogens is 146 g/mol. The summed E-state index contributed by atoms with van der Waals surface area (Å²) in [6.07, 6.45) is 1.26. The molecule has 1 aromatic carbocycles. The lowest BCUT2D eigenvalue weighted by molar-refractivity contribution is 0.679. The van der Waals surface area contributed by atoms with Crippen molar-refractivity contribution < 1.29 is 0 Å². The van der Waals surface area contributed by atoms with Gasteiger partial charge in [0, 0.05) is 12.2 Å². The topological polar surface area (TPSA) is 12.0 Å². The van der Waals surface area contributed by atoms with Gasteiger partial charge in [0.1, 0.15) is 0 Å². The summed E-state index contributed by atoms with van der Waals surface area (Å²) in [6, 6.07) is 6.50. The lowest BCUT2D eigenvalue weighted by Gasteiger charge is -2.25. The van der Waals surface area contributed by atoms with Gasteiger partial charge in [0.25, 0.3) is 0 Å². The van der Waals surface area contributed by atoms with Crippen LogP contribution in [0.5, 0.6) is 0 Å². The number of rotatable bonds is 0. The largest absolute Gasteiger partial charge is 0.385 e. The number of nitrogens with one attached hydrogen (secondary N) is 1. The first-order chi connectivity index (χ1) is 5.79. The molecule has 64 valence electrons. The number of fused-ring (bicyclic) bond motifs is 1. The van der Waals surface area contributed by atoms with E-state index in [9.17, 15) is 0 Å². The second-order valence-corrected chi connectivity index (χ2v) is 3.65. The van der Waals surface area contributed by atoms with Gasteiger partial charge < -0.3 is 5.32 Å². The molecular formula is C11H15N. The number of hydrogen-bond donors (Lipinski definition) is 1. The maximum absolute atomic E-state index is 3.43. The Hall–Kier alpha value is -0.980. The van der Waals surface area contributed by atoms with Gasteiger partial charge in [-0.3, -0.25) is 0 Å². The fourth-order valence-electron chi connectivity index (χ4n) is 2.06. The minimum atomic E-state index is 0.724. The SMILES string of the molecule is Cc1cccc2c1C(C)CCN2. The van der Waals surface area contributed by atoms with Crippen LogP contribution in [0.4, 0.5) is 5.69 Å². The third-order valence-corrected chi connectivity index (χ3v) is 2.71. The highest BCUT2D eigenvalue weighted by Gasteiger charge is 2.16. The third-order valence-electron chi connectivity index (χ3n) is 2.71. The van der Waals surface area contributed by atoms with Gasteiger partial charge in [0.15, 0.2) is 0 Å². The van der Waals surface area contributed by atoms with E-state index < -0.39 is 0 Å². The van der Waals surface area contributed by atoms with Crippen LogP contribution in [0.3, 0.4) is 0 Å². The average Bonchev–Trinajstić information content (AvgIpc) is 2.04. The Bertz CT molecular complexity index is 291. The van der Waals surface area contributed by atoms with Crippen LogP contribution in [0.2, 0.25) is 0 Å². The lowest BCUT2D eigenvalue weighted by atomic mass is 9.89. The van der Waals surface area contributed by atoms with Crippen molar-refractivity contribution >= 4 is 5.69 Å². The maximum Gasteiger partial charge on any atom is 0.0378 e. The zero-order chi connectivity index (χ0) is 8.55. The molecule has 0 spiro atoms. The van der Waals surface area contributed by atoms with Crippen LogP contribution in [-0.4, -0.2) is 6.54 Å². The van der Waals surface area contributed by atoms with Crippen LogP contribution < -0.4 is 5.32 Å². The summed E-state index contributed by atoms with van der Waals surface area (Å²) in [5, 5.41) is 3.43. The summed E-state index contributed by atoms with van der Waals surface area (Å²) < 4.78 is 0. The average molecular weight is 161 g/mol. The molecule has 1 N–H and O–H groups in total. The van der Waals surface area contributed by atoms with Crippen LogP contribution in [0, 0.1) is 6.92 Å². The molecule has 12 heavy (non-hydrogen) atoms. The molecule has 1 heterocycles. The Labute approximate surface area is 73.8 Å². The van der Waals surface area contributed by atoms with Crippen LogP contribution in [0.25, 0.3) is 0 Å². The summed E-state index contributed by atoms with van der Waals surface area (Å²) in [4.78, 5) is 0. The Morgan fingerprint density at radius 3 is 3.00 bits per heavy atom. The number of benzene rings is 1. The van der Waals surface area contributed by atoms with Crippen molar-refractivity contribution in [2.24, 2.45) is 0 Å². The van der Waals surface area contributed by atoms with Crippen LogP contribution in [-0.2, 0) is 0 Å². The van der Waals surface area contributed by atoms with E-state index in [1.807, 2.05) is 0 Å².